The van der Waals surface area contributed by atoms with Crippen LogP contribution in [-0.2, 0) is 23.6 Å². The molecule has 0 fully saturated rings. The van der Waals surface area contributed by atoms with Crippen LogP contribution >= 0.6 is 0 Å². The van der Waals surface area contributed by atoms with Gasteiger partial charge in [-0.25, -0.2) is 23.1 Å². The molecule has 3 aromatic heterocycles. The van der Waals surface area contributed by atoms with Gasteiger partial charge in [0.2, 0.25) is 15.9 Å². The molecule has 0 aliphatic carbocycles. The number of nitro benzene ring substituents is 1. The second kappa shape index (κ2) is 8.45. The minimum Gasteiger partial charge on any atom is -0.418 e. The number of pyridine rings is 1. The van der Waals surface area contributed by atoms with Crippen molar-refractivity contribution in [3.05, 3.63) is 70.5 Å². The van der Waals surface area contributed by atoms with Crippen molar-refractivity contribution in [2.45, 2.75) is 11.4 Å². The van der Waals surface area contributed by atoms with E-state index in [2.05, 4.69) is 25.0 Å². The monoisotopic (exact) mass is 493 g/mol. The highest BCUT2D eigenvalue weighted by Gasteiger charge is 2.25. The molecule has 5 rings (SSSR count). The molecule has 0 bridgehead atoms. The number of nitro groups is 1. The van der Waals surface area contributed by atoms with Gasteiger partial charge in [-0.1, -0.05) is 24.3 Å². The van der Waals surface area contributed by atoms with Crippen molar-refractivity contribution in [2.75, 3.05) is 12.4 Å². The number of anilines is 1. The van der Waals surface area contributed by atoms with E-state index in [1.54, 1.807) is 37.6 Å². The first-order chi connectivity index (χ1) is 16.8. The number of aromatic nitrogens is 4. The van der Waals surface area contributed by atoms with Gasteiger partial charge in [0.1, 0.15) is 11.0 Å². The Morgan fingerprint density at radius 3 is 2.69 bits per heavy atom. The van der Waals surface area contributed by atoms with Crippen LogP contribution in [0.15, 0.2) is 64.2 Å². The van der Waals surface area contributed by atoms with Crippen LogP contribution in [-0.4, -0.2) is 39.9 Å². The van der Waals surface area contributed by atoms with E-state index >= 15 is 0 Å². The van der Waals surface area contributed by atoms with Gasteiger partial charge in [-0.2, -0.15) is 4.98 Å². The maximum absolute atomic E-state index is 12.7. The maximum atomic E-state index is 12.7. The molecule has 5 aromatic rings. The summed E-state index contributed by atoms with van der Waals surface area (Å²) in [7, 11) is -0.522. The smallest absolute Gasteiger partial charge is 0.289 e. The lowest BCUT2D eigenvalue weighted by molar-refractivity contribution is -0.387. The van der Waals surface area contributed by atoms with Crippen LogP contribution < -0.4 is 10.0 Å². The minimum absolute atomic E-state index is 0.0867. The van der Waals surface area contributed by atoms with Gasteiger partial charge in [0.25, 0.3) is 11.4 Å². The molecular formula is C22H19N7O5S. The molecule has 0 amide bonds. The standard InChI is InChI=1S/C22H19N7O5S/c1-23-20-17-19(28(2)12-24-17)18-22(27-20)34-21(26-18)14-7-5-6-13(10-14)11-25-35(32,33)16-9-4-3-8-15(16)29(30)31/h3-10,12,25H,11H2,1-2H3,(H,23,27). The molecule has 0 unspecified atom stereocenters. The number of hydrogen-bond donors (Lipinski definition) is 2. The lowest BCUT2D eigenvalue weighted by atomic mass is 10.1. The van der Waals surface area contributed by atoms with Crippen molar-refractivity contribution < 1.29 is 17.8 Å². The number of imidazole rings is 1. The molecule has 0 aliphatic heterocycles. The van der Waals surface area contributed by atoms with Gasteiger partial charge in [-0.3, -0.25) is 10.1 Å². The maximum Gasteiger partial charge on any atom is 0.289 e. The number of rotatable bonds is 7. The summed E-state index contributed by atoms with van der Waals surface area (Å²) >= 11 is 0. The van der Waals surface area contributed by atoms with Gasteiger partial charge in [0.15, 0.2) is 16.2 Å². The Hall–Kier alpha value is -4.36. The second-order valence-electron chi connectivity index (χ2n) is 7.69. The topological polar surface area (TPSA) is 158 Å². The molecule has 2 N–H and O–H groups in total. The van der Waals surface area contributed by atoms with Crippen LogP contribution in [0.25, 0.3) is 33.7 Å². The SMILES string of the molecule is CNc1nc2oc(-c3cccc(CNS(=O)(=O)c4ccccc4[N+](=O)[O-])c3)nc2c2c1ncn2C. The summed E-state index contributed by atoms with van der Waals surface area (Å²) in [4.78, 5) is 23.6. The Bertz CT molecular complexity index is 1710. The van der Waals surface area contributed by atoms with Gasteiger partial charge in [-0.05, 0) is 23.8 Å². The van der Waals surface area contributed by atoms with Crippen LogP contribution in [0.3, 0.4) is 0 Å². The van der Waals surface area contributed by atoms with Crippen molar-refractivity contribution in [1.29, 1.82) is 0 Å². The molecule has 0 saturated heterocycles. The first-order valence-corrected chi connectivity index (χ1v) is 11.9. The Balaban J connectivity index is 1.46. The first kappa shape index (κ1) is 22.4. The van der Waals surface area contributed by atoms with E-state index in [1.165, 1.54) is 18.2 Å². The highest BCUT2D eigenvalue weighted by atomic mass is 32.2. The number of hydrogen-bond acceptors (Lipinski definition) is 9. The number of aryl methyl sites for hydroxylation is 1. The Kier molecular flexibility index (Phi) is 5.42. The quantitative estimate of drug-likeness (QED) is 0.256. The van der Waals surface area contributed by atoms with Crippen LogP contribution in [0.1, 0.15) is 5.56 Å². The number of sulfonamides is 1. The average Bonchev–Trinajstić information content (AvgIpc) is 3.46. The molecule has 12 nitrogen and oxygen atoms in total. The number of nitrogens with one attached hydrogen (secondary N) is 2. The van der Waals surface area contributed by atoms with Crippen LogP contribution in [0.2, 0.25) is 0 Å². The van der Waals surface area contributed by atoms with E-state index in [1.807, 2.05) is 11.6 Å². The molecule has 0 radical (unpaired) electrons. The van der Waals surface area contributed by atoms with Gasteiger partial charge >= 0.3 is 0 Å². The third-order valence-corrected chi connectivity index (χ3v) is 6.89. The van der Waals surface area contributed by atoms with Crippen LogP contribution in [0.4, 0.5) is 11.5 Å². The van der Waals surface area contributed by atoms with Crippen LogP contribution in [0.5, 0.6) is 0 Å². The summed E-state index contributed by atoms with van der Waals surface area (Å²) in [6.07, 6.45) is 1.67. The fourth-order valence-electron chi connectivity index (χ4n) is 3.78. The van der Waals surface area contributed by atoms with E-state index in [9.17, 15) is 18.5 Å². The normalized spacial score (nSPS) is 11.8. The van der Waals surface area contributed by atoms with Crippen LogP contribution in [0, 0.1) is 10.1 Å². The molecule has 35 heavy (non-hydrogen) atoms. The predicted molar refractivity (Wildman–Crippen MR) is 128 cm³/mol. The average molecular weight is 494 g/mol. The third-order valence-electron chi connectivity index (χ3n) is 5.44. The molecule has 0 atom stereocenters. The highest BCUT2D eigenvalue weighted by Crippen LogP contribution is 2.31. The van der Waals surface area contributed by atoms with E-state index in [4.69, 9.17) is 4.42 Å². The zero-order chi connectivity index (χ0) is 24.7. The largest absolute Gasteiger partial charge is 0.418 e. The molecule has 3 heterocycles. The van der Waals surface area contributed by atoms with Gasteiger partial charge in [0, 0.05) is 32.3 Å². The van der Waals surface area contributed by atoms with E-state index in [-0.39, 0.29) is 6.54 Å². The third kappa shape index (κ3) is 3.96. The Morgan fingerprint density at radius 2 is 1.91 bits per heavy atom. The molecular weight excluding hydrogens is 474 g/mol. The molecule has 178 valence electrons. The molecule has 0 aliphatic rings. The number of benzene rings is 2. The summed E-state index contributed by atoms with van der Waals surface area (Å²) < 4.78 is 35.6. The minimum atomic E-state index is -4.12. The van der Waals surface area contributed by atoms with Gasteiger partial charge in [-0.15, -0.1) is 0 Å². The first-order valence-electron chi connectivity index (χ1n) is 10.4. The van der Waals surface area contributed by atoms with Crippen molar-refractivity contribution in [3.63, 3.8) is 0 Å². The van der Waals surface area contributed by atoms with E-state index in [0.29, 0.717) is 39.6 Å². The second-order valence-corrected chi connectivity index (χ2v) is 9.42. The lowest BCUT2D eigenvalue weighted by Crippen LogP contribution is -2.24. The van der Waals surface area contributed by atoms with Crippen molar-refractivity contribution in [3.8, 4) is 11.5 Å². The number of fused-ring (bicyclic) bond motifs is 3. The molecule has 13 heteroatoms. The predicted octanol–water partition coefficient (Wildman–Crippen LogP) is 3.20. The summed E-state index contributed by atoms with van der Waals surface area (Å²) in [5.74, 6) is 0.876. The summed E-state index contributed by atoms with van der Waals surface area (Å²) in [6.45, 7) is -0.0867. The highest BCUT2D eigenvalue weighted by molar-refractivity contribution is 7.89. The van der Waals surface area contributed by atoms with Gasteiger partial charge < -0.3 is 14.3 Å². The van der Waals surface area contributed by atoms with Crippen molar-refractivity contribution in [2.24, 2.45) is 7.05 Å². The van der Waals surface area contributed by atoms with Gasteiger partial charge in [0.05, 0.1) is 11.3 Å². The number of oxazole rings is 1. The fraction of sp³-hybridized carbons (Fsp3) is 0.136. The zero-order valence-electron chi connectivity index (χ0n) is 18.6. The fourth-order valence-corrected chi connectivity index (χ4v) is 4.97. The van der Waals surface area contributed by atoms with Crippen molar-refractivity contribution >= 4 is 43.8 Å². The molecule has 0 saturated carbocycles. The summed E-state index contributed by atoms with van der Waals surface area (Å²) in [5, 5.41) is 14.2. The van der Waals surface area contributed by atoms with E-state index < -0.39 is 25.5 Å². The zero-order valence-corrected chi connectivity index (χ0v) is 19.4. The Morgan fingerprint density at radius 1 is 1.11 bits per heavy atom. The molecule has 0 spiro atoms. The number of nitrogens with zero attached hydrogens (tertiary/aromatic N) is 5. The summed E-state index contributed by atoms with van der Waals surface area (Å²) in [6, 6.07) is 12.2. The number of para-hydroxylation sites is 1. The molecule has 2 aromatic carbocycles. The Labute approximate surface area is 198 Å². The van der Waals surface area contributed by atoms with Crippen molar-refractivity contribution in [1.82, 2.24) is 24.2 Å². The van der Waals surface area contributed by atoms with E-state index in [0.717, 1.165) is 11.6 Å². The lowest BCUT2D eigenvalue weighted by Gasteiger charge is -2.08. The summed E-state index contributed by atoms with van der Waals surface area (Å²) in [5.41, 5.74) is 3.06.